The summed E-state index contributed by atoms with van der Waals surface area (Å²) in [6.45, 7) is 2.16. The Hall–Kier alpha value is -3.18. The predicted molar refractivity (Wildman–Crippen MR) is 110 cm³/mol. The van der Waals surface area contributed by atoms with Crippen LogP contribution in [0, 0.1) is 18.7 Å². The largest absolute Gasteiger partial charge is 0.326 e. The molecule has 1 amide bonds. The lowest BCUT2D eigenvalue weighted by Crippen LogP contribution is -2.41. The molecule has 0 unspecified atom stereocenters. The lowest BCUT2D eigenvalue weighted by atomic mass is 9.97. The van der Waals surface area contributed by atoms with E-state index in [0.717, 1.165) is 0 Å². The van der Waals surface area contributed by atoms with Gasteiger partial charge >= 0.3 is 0 Å². The van der Waals surface area contributed by atoms with Crippen LogP contribution in [0.4, 0.5) is 10.1 Å². The van der Waals surface area contributed by atoms with Gasteiger partial charge < -0.3 is 5.32 Å². The van der Waals surface area contributed by atoms with Crippen LogP contribution in [0.25, 0.3) is 5.69 Å². The van der Waals surface area contributed by atoms with Gasteiger partial charge in [0.05, 0.1) is 4.90 Å². The molecule has 1 fully saturated rings. The minimum atomic E-state index is -3.57. The highest BCUT2D eigenvalue weighted by Crippen LogP contribution is 2.25. The standard InChI is InChI=1S/C20H21FN6O3S/c1-14-23-24-25-27(14)19-13-16(7-8-18(19)21)22-20(28)15-9-11-26(12-10-15)31(29,30)17-5-3-2-4-6-17/h2-8,13,15H,9-12H2,1H3,(H,22,28). The first kappa shape index (κ1) is 21.1. The van der Waals surface area contributed by atoms with Gasteiger partial charge in [-0.05, 0) is 60.5 Å². The summed E-state index contributed by atoms with van der Waals surface area (Å²) in [6.07, 6.45) is 0.802. The number of tetrazole rings is 1. The van der Waals surface area contributed by atoms with E-state index in [1.165, 1.54) is 27.2 Å². The second-order valence-electron chi connectivity index (χ2n) is 7.28. The topological polar surface area (TPSA) is 110 Å². The van der Waals surface area contributed by atoms with Crippen molar-refractivity contribution >= 4 is 21.6 Å². The summed E-state index contributed by atoms with van der Waals surface area (Å²) in [7, 11) is -3.57. The van der Waals surface area contributed by atoms with Crippen molar-refractivity contribution in [2.45, 2.75) is 24.7 Å². The SMILES string of the molecule is Cc1nnnn1-c1cc(NC(=O)C2CCN(S(=O)(=O)c3ccccc3)CC2)ccc1F. The molecule has 1 aliphatic heterocycles. The maximum atomic E-state index is 14.2. The highest BCUT2D eigenvalue weighted by molar-refractivity contribution is 7.89. The van der Waals surface area contributed by atoms with Crippen LogP contribution in [0.5, 0.6) is 0 Å². The van der Waals surface area contributed by atoms with Crippen LogP contribution in [0.1, 0.15) is 18.7 Å². The molecule has 11 heteroatoms. The molecule has 31 heavy (non-hydrogen) atoms. The predicted octanol–water partition coefficient (Wildman–Crippen LogP) is 2.15. The molecule has 2 heterocycles. The monoisotopic (exact) mass is 444 g/mol. The molecule has 0 spiro atoms. The maximum Gasteiger partial charge on any atom is 0.243 e. The Morgan fingerprint density at radius 3 is 2.48 bits per heavy atom. The summed E-state index contributed by atoms with van der Waals surface area (Å²) >= 11 is 0. The molecule has 162 valence electrons. The summed E-state index contributed by atoms with van der Waals surface area (Å²) in [5.74, 6) is -0.685. The zero-order valence-corrected chi connectivity index (χ0v) is 17.6. The molecule has 1 saturated heterocycles. The second kappa shape index (κ2) is 8.52. The number of benzene rings is 2. The number of carbonyl (C=O) groups is 1. The number of hydrogen-bond donors (Lipinski definition) is 1. The third-order valence-electron chi connectivity index (χ3n) is 5.27. The minimum Gasteiger partial charge on any atom is -0.326 e. The normalized spacial score (nSPS) is 15.7. The molecule has 9 nitrogen and oxygen atoms in total. The van der Waals surface area contributed by atoms with E-state index in [2.05, 4.69) is 20.8 Å². The average molecular weight is 444 g/mol. The van der Waals surface area contributed by atoms with E-state index < -0.39 is 15.8 Å². The lowest BCUT2D eigenvalue weighted by Gasteiger charge is -2.30. The van der Waals surface area contributed by atoms with Crippen molar-refractivity contribution in [3.05, 3.63) is 60.2 Å². The fourth-order valence-electron chi connectivity index (χ4n) is 3.55. The van der Waals surface area contributed by atoms with E-state index in [1.807, 2.05) is 0 Å². The second-order valence-corrected chi connectivity index (χ2v) is 9.22. The Balaban J connectivity index is 1.42. The van der Waals surface area contributed by atoms with Crippen LogP contribution in [0.3, 0.4) is 0 Å². The number of amides is 1. The number of piperidine rings is 1. The van der Waals surface area contributed by atoms with Gasteiger partial charge in [0.1, 0.15) is 11.5 Å². The molecule has 0 radical (unpaired) electrons. The molecule has 3 aromatic rings. The first-order chi connectivity index (χ1) is 14.9. The Bertz CT molecular complexity index is 1190. The smallest absolute Gasteiger partial charge is 0.243 e. The third-order valence-corrected chi connectivity index (χ3v) is 7.19. The van der Waals surface area contributed by atoms with Crippen LogP contribution in [-0.2, 0) is 14.8 Å². The van der Waals surface area contributed by atoms with Crippen molar-refractivity contribution in [3.8, 4) is 5.69 Å². The quantitative estimate of drug-likeness (QED) is 0.646. The minimum absolute atomic E-state index is 0.129. The number of rotatable bonds is 5. The van der Waals surface area contributed by atoms with Gasteiger partial charge in [-0.3, -0.25) is 4.79 Å². The van der Waals surface area contributed by atoms with Gasteiger partial charge in [-0.2, -0.15) is 8.99 Å². The zero-order valence-electron chi connectivity index (χ0n) is 16.8. The van der Waals surface area contributed by atoms with Crippen molar-refractivity contribution in [1.82, 2.24) is 24.5 Å². The number of nitrogens with one attached hydrogen (secondary N) is 1. The van der Waals surface area contributed by atoms with Gasteiger partial charge in [-0.1, -0.05) is 18.2 Å². The Morgan fingerprint density at radius 2 is 1.84 bits per heavy atom. The van der Waals surface area contributed by atoms with Gasteiger partial charge in [0.15, 0.2) is 5.82 Å². The van der Waals surface area contributed by atoms with Crippen molar-refractivity contribution in [1.29, 1.82) is 0 Å². The number of anilines is 1. The number of aryl methyl sites for hydroxylation is 1. The number of nitrogens with zero attached hydrogens (tertiary/aromatic N) is 5. The van der Waals surface area contributed by atoms with E-state index in [0.29, 0.717) is 24.4 Å². The van der Waals surface area contributed by atoms with Crippen molar-refractivity contribution in [2.24, 2.45) is 5.92 Å². The van der Waals surface area contributed by atoms with Crippen LogP contribution in [0.2, 0.25) is 0 Å². The van der Waals surface area contributed by atoms with Crippen LogP contribution < -0.4 is 5.32 Å². The molecule has 1 aliphatic rings. The molecule has 0 aliphatic carbocycles. The van der Waals surface area contributed by atoms with Crippen molar-refractivity contribution in [2.75, 3.05) is 18.4 Å². The highest BCUT2D eigenvalue weighted by atomic mass is 32.2. The average Bonchev–Trinajstić information content (AvgIpc) is 3.21. The van der Waals surface area contributed by atoms with Crippen molar-refractivity contribution in [3.63, 3.8) is 0 Å². The van der Waals surface area contributed by atoms with Gasteiger partial charge in [-0.15, -0.1) is 5.10 Å². The Morgan fingerprint density at radius 1 is 1.13 bits per heavy atom. The summed E-state index contributed by atoms with van der Waals surface area (Å²) < 4.78 is 42.3. The summed E-state index contributed by atoms with van der Waals surface area (Å²) in [5.41, 5.74) is 0.541. The number of sulfonamides is 1. The van der Waals surface area contributed by atoms with E-state index in [-0.39, 0.29) is 35.5 Å². The van der Waals surface area contributed by atoms with E-state index in [9.17, 15) is 17.6 Å². The van der Waals surface area contributed by atoms with E-state index in [4.69, 9.17) is 0 Å². The molecular formula is C20H21FN6O3S. The number of carbonyl (C=O) groups excluding carboxylic acids is 1. The molecule has 2 aromatic carbocycles. The highest BCUT2D eigenvalue weighted by Gasteiger charge is 2.32. The maximum absolute atomic E-state index is 14.2. The van der Waals surface area contributed by atoms with E-state index >= 15 is 0 Å². The summed E-state index contributed by atoms with van der Waals surface area (Å²) in [4.78, 5) is 13.0. The van der Waals surface area contributed by atoms with Crippen LogP contribution in [-0.4, -0.2) is 51.9 Å². The molecule has 1 N–H and O–H groups in total. The molecule has 0 atom stereocenters. The molecule has 0 saturated carbocycles. The van der Waals surface area contributed by atoms with Gasteiger partial charge in [0.25, 0.3) is 0 Å². The number of halogens is 1. The molecule has 0 bridgehead atoms. The Kier molecular flexibility index (Phi) is 5.79. The van der Waals surface area contributed by atoms with Crippen LogP contribution in [0.15, 0.2) is 53.4 Å². The van der Waals surface area contributed by atoms with Gasteiger partial charge in [0, 0.05) is 24.7 Å². The number of hydrogen-bond acceptors (Lipinski definition) is 6. The first-order valence-electron chi connectivity index (χ1n) is 9.77. The van der Waals surface area contributed by atoms with E-state index in [1.54, 1.807) is 37.3 Å². The fraction of sp³-hybridized carbons (Fsp3) is 0.300. The first-order valence-corrected chi connectivity index (χ1v) is 11.2. The van der Waals surface area contributed by atoms with Gasteiger partial charge in [-0.25, -0.2) is 12.8 Å². The zero-order chi connectivity index (χ0) is 22.0. The Labute approximate surface area is 178 Å². The molecular weight excluding hydrogens is 423 g/mol. The molecule has 1 aromatic heterocycles. The summed E-state index contributed by atoms with van der Waals surface area (Å²) in [6, 6.07) is 12.4. The van der Waals surface area contributed by atoms with Crippen molar-refractivity contribution < 1.29 is 17.6 Å². The van der Waals surface area contributed by atoms with Gasteiger partial charge in [0.2, 0.25) is 15.9 Å². The fourth-order valence-corrected chi connectivity index (χ4v) is 5.04. The summed E-state index contributed by atoms with van der Waals surface area (Å²) in [5, 5.41) is 13.8. The lowest BCUT2D eigenvalue weighted by molar-refractivity contribution is -0.120. The third kappa shape index (κ3) is 4.32. The molecule has 4 rings (SSSR count). The number of aromatic nitrogens is 4. The van der Waals surface area contributed by atoms with Crippen LogP contribution >= 0.6 is 0 Å².